The van der Waals surface area contributed by atoms with Gasteiger partial charge in [-0.1, -0.05) is 32.1 Å². The standard InChI is InChI=1S/C14H16O2/c1-10-9-13(16)7-8-14(10,2)11-3-5-12(15)6-4-11/h3-10,15-16H,1-2H3/t10-,14-/m0/s1. The third-order valence-electron chi connectivity index (χ3n) is 3.46. The number of aliphatic hydroxyl groups excluding tert-OH is 1. The van der Waals surface area contributed by atoms with E-state index in [-0.39, 0.29) is 17.1 Å². The molecular formula is C14H16O2. The highest BCUT2D eigenvalue weighted by atomic mass is 16.3. The summed E-state index contributed by atoms with van der Waals surface area (Å²) >= 11 is 0. The lowest BCUT2D eigenvalue weighted by atomic mass is 9.70. The van der Waals surface area contributed by atoms with Crippen molar-refractivity contribution in [1.29, 1.82) is 0 Å². The van der Waals surface area contributed by atoms with E-state index in [4.69, 9.17) is 0 Å². The van der Waals surface area contributed by atoms with Gasteiger partial charge in [-0.2, -0.15) is 0 Å². The van der Waals surface area contributed by atoms with Crippen LogP contribution in [0.3, 0.4) is 0 Å². The molecule has 2 N–H and O–H groups in total. The summed E-state index contributed by atoms with van der Waals surface area (Å²) in [6, 6.07) is 7.23. The van der Waals surface area contributed by atoms with Gasteiger partial charge >= 0.3 is 0 Å². The second-order valence-corrected chi connectivity index (χ2v) is 4.54. The Hall–Kier alpha value is -1.70. The van der Waals surface area contributed by atoms with Gasteiger partial charge in [-0.3, -0.25) is 0 Å². The maximum Gasteiger partial charge on any atom is 0.115 e. The Morgan fingerprint density at radius 2 is 1.75 bits per heavy atom. The van der Waals surface area contributed by atoms with E-state index in [1.807, 2.05) is 24.3 Å². The molecule has 0 spiro atoms. The van der Waals surface area contributed by atoms with E-state index < -0.39 is 0 Å². The van der Waals surface area contributed by atoms with E-state index in [9.17, 15) is 10.2 Å². The van der Waals surface area contributed by atoms with Gasteiger partial charge in [0.1, 0.15) is 11.5 Å². The topological polar surface area (TPSA) is 40.5 Å². The van der Waals surface area contributed by atoms with Gasteiger partial charge in [0, 0.05) is 5.41 Å². The second-order valence-electron chi connectivity index (χ2n) is 4.54. The zero-order chi connectivity index (χ0) is 11.8. The molecule has 0 saturated heterocycles. The van der Waals surface area contributed by atoms with Crippen LogP contribution in [0.5, 0.6) is 5.75 Å². The van der Waals surface area contributed by atoms with Gasteiger partial charge in [0.25, 0.3) is 0 Å². The van der Waals surface area contributed by atoms with Crippen LogP contribution >= 0.6 is 0 Å². The number of phenolic OH excluding ortho intramolecular Hbond substituents is 1. The number of aliphatic hydroxyl groups is 1. The van der Waals surface area contributed by atoms with E-state index in [0.29, 0.717) is 5.76 Å². The first-order valence-corrected chi connectivity index (χ1v) is 5.42. The van der Waals surface area contributed by atoms with Crippen LogP contribution < -0.4 is 0 Å². The molecule has 16 heavy (non-hydrogen) atoms. The summed E-state index contributed by atoms with van der Waals surface area (Å²) in [5.74, 6) is 0.823. The summed E-state index contributed by atoms with van der Waals surface area (Å²) in [6.07, 6.45) is 5.60. The van der Waals surface area contributed by atoms with Crippen LogP contribution in [0.4, 0.5) is 0 Å². The molecule has 0 radical (unpaired) electrons. The molecule has 0 fully saturated rings. The van der Waals surface area contributed by atoms with Crippen LogP contribution in [0.1, 0.15) is 19.4 Å². The lowest BCUT2D eigenvalue weighted by molar-refractivity contribution is 0.385. The molecule has 0 unspecified atom stereocenters. The highest BCUT2D eigenvalue weighted by Crippen LogP contribution is 2.38. The highest BCUT2D eigenvalue weighted by Gasteiger charge is 2.31. The molecule has 1 aliphatic carbocycles. The summed E-state index contributed by atoms with van der Waals surface area (Å²) in [7, 11) is 0. The molecule has 84 valence electrons. The van der Waals surface area contributed by atoms with Crippen molar-refractivity contribution in [3.8, 4) is 5.75 Å². The average molecular weight is 216 g/mol. The fourth-order valence-corrected chi connectivity index (χ4v) is 2.07. The quantitative estimate of drug-likeness (QED) is 0.756. The molecule has 2 rings (SSSR count). The number of rotatable bonds is 1. The number of aromatic hydroxyl groups is 1. The fourth-order valence-electron chi connectivity index (χ4n) is 2.07. The summed E-state index contributed by atoms with van der Waals surface area (Å²) in [6.45, 7) is 4.20. The van der Waals surface area contributed by atoms with Crippen LogP contribution in [-0.2, 0) is 5.41 Å². The van der Waals surface area contributed by atoms with Gasteiger partial charge in [-0.15, -0.1) is 0 Å². The van der Waals surface area contributed by atoms with Gasteiger partial charge in [0.2, 0.25) is 0 Å². The summed E-state index contributed by atoms with van der Waals surface area (Å²) in [5.41, 5.74) is 1.01. The van der Waals surface area contributed by atoms with Crippen molar-refractivity contribution < 1.29 is 10.2 Å². The van der Waals surface area contributed by atoms with Crippen LogP contribution in [0.2, 0.25) is 0 Å². The van der Waals surface area contributed by atoms with Gasteiger partial charge in [-0.05, 0) is 35.8 Å². The summed E-state index contributed by atoms with van der Waals surface area (Å²) in [5, 5.41) is 18.7. The molecule has 0 heterocycles. The average Bonchev–Trinajstić information content (AvgIpc) is 2.25. The monoisotopic (exact) mass is 216 g/mol. The molecule has 0 amide bonds. The third-order valence-corrected chi connectivity index (χ3v) is 3.46. The Balaban J connectivity index is 2.40. The minimum absolute atomic E-state index is 0.125. The van der Waals surface area contributed by atoms with Gasteiger partial charge < -0.3 is 10.2 Å². The van der Waals surface area contributed by atoms with E-state index in [1.165, 1.54) is 0 Å². The Kier molecular flexibility index (Phi) is 2.50. The van der Waals surface area contributed by atoms with Crippen LogP contribution in [0.25, 0.3) is 0 Å². The molecule has 0 saturated carbocycles. The number of benzene rings is 1. The van der Waals surface area contributed by atoms with Crippen molar-refractivity contribution >= 4 is 0 Å². The van der Waals surface area contributed by atoms with E-state index in [2.05, 4.69) is 13.8 Å². The first-order chi connectivity index (χ1) is 7.52. The summed E-state index contributed by atoms with van der Waals surface area (Å²) in [4.78, 5) is 0. The second kappa shape index (κ2) is 3.71. The molecule has 0 bridgehead atoms. The number of hydrogen-bond donors (Lipinski definition) is 2. The van der Waals surface area contributed by atoms with Crippen LogP contribution in [-0.4, -0.2) is 10.2 Å². The third kappa shape index (κ3) is 1.71. The van der Waals surface area contributed by atoms with Crippen LogP contribution in [0.15, 0.2) is 48.3 Å². The zero-order valence-electron chi connectivity index (χ0n) is 9.51. The molecule has 0 aromatic heterocycles. The number of hydrogen-bond acceptors (Lipinski definition) is 2. The predicted molar refractivity (Wildman–Crippen MR) is 64.5 cm³/mol. The van der Waals surface area contributed by atoms with Crippen molar-refractivity contribution in [3.63, 3.8) is 0 Å². The molecule has 2 heteroatoms. The van der Waals surface area contributed by atoms with Crippen molar-refractivity contribution in [2.75, 3.05) is 0 Å². The normalized spacial score (nSPS) is 28.9. The molecule has 2 nitrogen and oxygen atoms in total. The smallest absolute Gasteiger partial charge is 0.115 e. The van der Waals surface area contributed by atoms with Gasteiger partial charge in [0.15, 0.2) is 0 Å². The Morgan fingerprint density at radius 3 is 2.31 bits per heavy atom. The Bertz CT molecular complexity index is 442. The van der Waals surface area contributed by atoms with E-state index in [0.717, 1.165) is 5.56 Å². The zero-order valence-corrected chi connectivity index (χ0v) is 9.51. The Morgan fingerprint density at radius 1 is 1.12 bits per heavy atom. The molecular weight excluding hydrogens is 200 g/mol. The molecule has 1 aromatic rings. The SMILES string of the molecule is C[C@H]1C=C(O)C=C[C@]1(C)c1ccc(O)cc1. The highest BCUT2D eigenvalue weighted by molar-refractivity contribution is 5.39. The maximum atomic E-state index is 9.44. The van der Waals surface area contributed by atoms with Crippen LogP contribution in [0, 0.1) is 5.92 Å². The van der Waals surface area contributed by atoms with Crippen molar-refractivity contribution in [1.82, 2.24) is 0 Å². The minimum Gasteiger partial charge on any atom is -0.508 e. The van der Waals surface area contributed by atoms with Crippen molar-refractivity contribution in [3.05, 3.63) is 53.8 Å². The molecule has 1 aromatic carbocycles. The number of phenols is 1. The predicted octanol–water partition coefficient (Wildman–Crippen LogP) is 3.30. The van der Waals surface area contributed by atoms with E-state index in [1.54, 1.807) is 18.2 Å². The first kappa shape index (κ1) is 10.8. The first-order valence-electron chi connectivity index (χ1n) is 5.42. The lowest BCUT2D eigenvalue weighted by Crippen LogP contribution is -2.28. The lowest BCUT2D eigenvalue weighted by Gasteiger charge is -2.34. The largest absolute Gasteiger partial charge is 0.508 e. The van der Waals surface area contributed by atoms with Crippen molar-refractivity contribution in [2.24, 2.45) is 5.92 Å². The fraction of sp³-hybridized carbons (Fsp3) is 0.286. The number of allylic oxidation sites excluding steroid dienone is 3. The van der Waals surface area contributed by atoms with Gasteiger partial charge in [0.05, 0.1) is 0 Å². The van der Waals surface area contributed by atoms with Gasteiger partial charge in [-0.25, -0.2) is 0 Å². The van der Waals surface area contributed by atoms with E-state index >= 15 is 0 Å². The Labute approximate surface area is 95.6 Å². The molecule has 2 atom stereocenters. The molecule has 0 aliphatic heterocycles. The molecule has 1 aliphatic rings. The maximum absolute atomic E-state index is 9.44. The summed E-state index contributed by atoms with van der Waals surface area (Å²) < 4.78 is 0. The minimum atomic E-state index is -0.125. The van der Waals surface area contributed by atoms with Crippen molar-refractivity contribution in [2.45, 2.75) is 19.3 Å².